The van der Waals surface area contributed by atoms with Crippen molar-refractivity contribution >= 4 is 22.4 Å². The number of halogens is 1. The van der Waals surface area contributed by atoms with Crippen molar-refractivity contribution in [1.82, 2.24) is 0 Å². The second kappa shape index (κ2) is 5.34. The first-order valence-corrected chi connectivity index (χ1v) is 6.43. The number of fused-ring (bicyclic) bond motifs is 1. The van der Waals surface area contributed by atoms with Gasteiger partial charge in [0.1, 0.15) is 5.82 Å². The highest BCUT2D eigenvalue weighted by Crippen LogP contribution is 2.26. The molecule has 3 rings (SSSR count). The molecule has 0 saturated carbocycles. The van der Waals surface area contributed by atoms with Crippen molar-refractivity contribution < 1.29 is 14.4 Å². The van der Waals surface area contributed by atoms with Gasteiger partial charge < -0.3 is 0 Å². The van der Waals surface area contributed by atoms with Gasteiger partial charge in [-0.2, -0.15) is 5.06 Å². The average Bonchev–Trinajstić information content (AvgIpc) is 2.53. The van der Waals surface area contributed by atoms with E-state index < -0.39 is 11.7 Å². The maximum absolute atomic E-state index is 12.9. The van der Waals surface area contributed by atoms with Crippen molar-refractivity contribution in [3.8, 4) is 0 Å². The molecule has 0 aromatic heterocycles. The highest BCUT2D eigenvalue weighted by molar-refractivity contribution is 6.09. The summed E-state index contributed by atoms with van der Waals surface area (Å²) in [6.45, 7) is 0. The molecular formula is C17H12FNO2. The van der Waals surface area contributed by atoms with E-state index in [-0.39, 0.29) is 5.56 Å². The predicted molar refractivity (Wildman–Crippen MR) is 78.9 cm³/mol. The summed E-state index contributed by atoms with van der Waals surface area (Å²) < 4.78 is 12.9. The molecule has 1 N–H and O–H groups in total. The molecule has 0 fully saturated rings. The molecule has 3 aromatic carbocycles. The number of amides is 1. The Hall–Kier alpha value is -2.72. The van der Waals surface area contributed by atoms with Gasteiger partial charge in [-0.1, -0.05) is 36.4 Å². The SMILES string of the molecule is O=C(c1ccc(F)cc1)N(O)c1cccc2ccccc12. The number of anilines is 1. The van der Waals surface area contributed by atoms with Crippen molar-refractivity contribution in [3.63, 3.8) is 0 Å². The molecule has 0 saturated heterocycles. The Morgan fingerprint density at radius 2 is 1.57 bits per heavy atom. The zero-order chi connectivity index (χ0) is 14.8. The van der Waals surface area contributed by atoms with Gasteiger partial charge in [-0.05, 0) is 35.7 Å². The van der Waals surface area contributed by atoms with Gasteiger partial charge in [-0.15, -0.1) is 0 Å². The molecule has 1 amide bonds. The molecule has 0 unspecified atom stereocenters. The first kappa shape index (κ1) is 13.3. The lowest BCUT2D eigenvalue weighted by Gasteiger charge is -2.17. The van der Waals surface area contributed by atoms with Crippen molar-refractivity contribution in [1.29, 1.82) is 0 Å². The van der Waals surface area contributed by atoms with Crippen LogP contribution in [0.3, 0.4) is 0 Å². The zero-order valence-electron chi connectivity index (χ0n) is 11.0. The fourth-order valence-corrected chi connectivity index (χ4v) is 2.22. The van der Waals surface area contributed by atoms with Crippen LogP contribution in [0.2, 0.25) is 0 Å². The summed E-state index contributed by atoms with van der Waals surface area (Å²) >= 11 is 0. The number of carbonyl (C=O) groups excluding carboxylic acids is 1. The minimum Gasteiger partial charge on any atom is -0.281 e. The second-order valence-electron chi connectivity index (χ2n) is 4.62. The topological polar surface area (TPSA) is 40.5 Å². The Kier molecular flexibility index (Phi) is 3.38. The van der Waals surface area contributed by atoms with Crippen molar-refractivity contribution in [2.75, 3.05) is 5.06 Å². The maximum Gasteiger partial charge on any atom is 0.282 e. The van der Waals surface area contributed by atoms with Crippen LogP contribution in [0.1, 0.15) is 10.4 Å². The Morgan fingerprint density at radius 1 is 0.905 bits per heavy atom. The summed E-state index contributed by atoms with van der Waals surface area (Å²) in [5.74, 6) is -1.03. The first-order chi connectivity index (χ1) is 10.2. The van der Waals surface area contributed by atoms with Crippen LogP contribution in [-0.4, -0.2) is 11.1 Å². The molecule has 0 aliphatic carbocycles. The third kappa shape index (κ3) is 2.49. The van der Waals surface area contributed by atoms with Gasteiger partial charge in [-0.25, -0.2) is 4.39 Å². The Labute approximate surface area is 120 Å². The van der Waals surface area contributed by atoms with E-state index in [0.29, 0.717) is 10.8 Å². The first-order valence-electron chi connectivity index (χ1n) is 6.43. The number of hydrogen-bond donors (Lipinski definition) is 1. The van der Waals surface area contributed by atoms with E-state index in [2.05, 4.69) is 0 Å². The largest absolute Gasteiger partial charge is 0.282 e. The van der Waals surface area contributed by atoms with E-state index in [1.807, 2.05) is 30.3 Å². The fraction of sp³-hybridized carbons (Fsp3) is 0. The normalized spacial score (nSPS) is 10.6. The van der Waals surface area contributed by atoms with Gasteiger partial charge in [-0.3, -0.25) is 10.0 Å². The predicted octanol–water partition coefficient (Wildman–Crippen LogP) is 4.01. The van der Waals surface area contributed by atoms with E-state index in [1.165, 1.54) is 24.3 Å². The zero-order valence-corrected chi connectivity index (χ0v) is 11.0. The molecule has 0 spiro atoms. The molecule has 4 heteroatoms. The van der Waals surface area contributed by atoms with Crippen LogP contribution >= 0.6 is 0 Å². The molecule has 0 aliphatic rings. The highest BCUT2D eigenvalue weighted by Gasteiger charge is 2.17. The van der Waals surface area contributed by atoms with Gasteiger partial charge in [0.15, 0.2) is 0 Å². The minimum atomic E-state index is -0.605. The van der Waals surface area contributed by atoms with E-state index in [0.717, 1.165) is 10.8 Å². The van der Waals surface area contributed by atoms with Crippen molar-refractivity contribution in [2.45, 2.75) is 0 Å². The summed E-state index contributed by atoms with van der Waals surface area (Å²) in [6.07, 6.45) is 0. The maximum atomic E-state index is 12.9. The number of carbonyl (C=O) groups is 1. The van der Waals surface area contributed by atoms with Crippen LogP contribution in [0.5, 0.6) is 0 Å². The molecule has 0 heterocycles. The quantitative estimate of drug-likeness (QED) is 0.569. The Morgan fingerprint density at radius 3 is 2.33 bits per heavy atom. The van der Waals surface area contributed by atoms with Gasteiger partial charge in [0.25, 0.3) is 5.91 Å². The molecule has 0 bridgehead atoms. The standard InChI is InChI=1S/C17H12FNO2/c18-14-10-8-13(9-11-14)17(20)19(21)16-7-3-5-12-4-1-2-6-15(12)16/h1-11,21H. The van der Waals surface area contributed by atoms with Crippen molar-refractivity contribution in [2.24, 2.45) is 0 Å². The number of rotatable bonds is 2. The van der Waals surface area contributed by atoms with Crippen LogP contribution in [0, 0.1) is 5.82 Å². The second-order valence-corrected chi connectivity index (χ2v) is 4.62. The Bertz CT molecular complexity index is 794. The smallest absolute Gasteiger partial charge is 0.281 e. The molecule has 3 nitrogen and oxygen atoms in total. The van der Waals surface area contributed by atoms with Crippen LogP contribution in [0.15, 0.2) is 66.7 Å². The molecule has 3 aromatic rings. The monoisotopic (exact) mass is 281 g/mol. The average molecular weight is 281 g/mol. The van der Waals surface area contributed by atoms with E-state index in [4.69, 9.17) is 0 Å². The third-order valence-corrected chi connectivity index (χ3v) is 3.28. The van der Waals surface area contributed by atoms with E-state index >= 15 is 0 Å². The van der Waals surface area contributed by atoms with Crippen LogP contribution < -0.4 is 5.06 Å². The van der Waals surface area contributed by atoms with E-state index in [9.17, 15) is 14.4 Å². The summed E-state index contributed by atoms with van der Waals surface area (Å²) in [7, 11) is 0. The molecule has 0 radical (unpaired) electrons. The lowest BCUT2D eigenvalue weighted by atomic mass is 10.1. The number of benzene rings is 3. The Balaban J connectivity index is 2.02. The van der Waals surface area contributed by atoms with Gasteiger partial charge in [0.05, 0.1) is 5.69 Å². The highest BCUT2D eigenvalue weighted by atomic mass is 19.1. The van der Waals surface area contributed by atoms with Crippen LogP contribution in [-0.2, 0) is 0 Å². The number of nitrogens with zero attached hydrogens (tertiary/aromatic N) is 1. The molecule has 21 heavy (non-hydrogen) atoms. The minimum absolute atomic E-state index is 0.215. The summed E-state index contributed by atoms with van der Waals surface area (Å²) in [5.41, 5.74) is 0.606. The molecule has 0 aliphatic heterocycles. The summed E-state index contributed by atoms with van der Waals surface area (Å²) in [6, 6.07) is 17.8. The lowest BCUT2D eigenvalue weighted by molar-refractivity contribution is 0.0855. The van der Waals surface area contributed by atoms with Crippen molar-refractivity contribution in [3.05, 3.63) is 78.1 Å². The van der Waals surface area contributed by atoms with Gasteiger partial charge in [0.2, 0.25) is 0 Å². The lowest BCUT2D eigenvalue weighted by Crippen LogP contribution is -2.27. The summed E-state index contributed by atoms with van der Waals surface area (Å²) in [5, 5.41) is 12.5. The summed E-state index contributed by atoms with van der Waals surface area (Å²) in [4.78, 5) is 12.3. The third-order valence-electron chi connectivity index (χ3n) is 3.28. The number of hydrogen-bond acceptors (Lipinski definition) is 2. The van der Waals surface area contributed by atoms with Gasteiger partial charge in [0, 0.05) is 10.9 Å². The number of hydroxylamine groups is 1. The molecular weight excluding hydrogens is 269 g/mol. The molecule has 0 atom stereocenters. The van der Waals surface area contributed by atoms with Crippen LogP contribution in [0.4, 0.5) is 10.1 Å². The van der Waals surface area contributed by atoms with Gasteiger partial charge >= 0.3 is 0 Å². The fourth-order valence-electron chi connectivity index (χ4n) is 2.22. The van der Waals surface area contributed by atoms with E-state index in [1.54, 1.807) is 12.1 Å². The van der Waals surface area contributed by atoms with Crippen LogP contribution in [0.25, 0.3) is 10.8 Å². The molecule has 104 valence electrons.